The number of thiazole rings is 1. The van der Waals surface area contributed by atoms with Crippen molar-refractivity contribution >= 4 is 17.3 Å². The van der Waals surface area contributed by atoms with Gasteiger partial charge in [0.25, 0.3) is 0 Å². The zero-order valence-electron chi connectivity index (χ0n) is 14.3. The van der Waals surface area contributed by atoms with E-state index in [1.54, 1.807) is 19.4 Å². The van der Waals surface area contributed by atoms with Gasteiger partial charge in [-0.05, 0) is 37.3 Å². The third kappa shape index (κ3) is 3.45. The second kappa shape index (κ2) is 7.05. The van der Waals surface area contributed by atoms with Crippen LogP contribution in [-0.4, -0.2) is 20.5 Å². The minimum atomic E-state index is -1.21. The number of aromatic nitrogens is 3. The number of hydrogen-bond donors (Lipinski definition) is 0. The minimum Gasteiger partial charge on any atom is -0.544 e. The first-order chi connectivity index (χ1) is 13.1. The molecule has 0 spiro atoms. The maximum atomic E-state index is 11.2. The molecule has 0 unspecified atom stereocenters. The van der Waals surface area contributed by atoms with Crippen LogP contribution in [0.15, 0.2) is 67.3 Å². The lowest BCUT2D eigenvalue weighted by molar-refractivity contribution is -0.254. The number of carbonyl (C=O) groups is 1. The van der Waals surface area contributed by atoms with Gasteiger partial charge in [-0.15, -0.1) is 11.3 Å². The fourth-order valence-corrected chi connectivity index (χ4v) is 3.56. The Hall–Kier alpha value is -3.45. The van der Waals surface area contributed by atoms with Crippen LogP contribution < -0.4 is 9.84 Å². The first kappa shape index (κ1) is 17.0. The number of carboxylic acids is 1. The Labute approximate surface area is 159 Å². The van der Waals surface area contributed by atoms with Crippen molar-refractivity contribution < 1.29 is 14.6 Å². The summed E-state index contributed by atoms with van der Waals surface area (Å²) in [7, 11) is 0. The molecule has 27 heavy (non-hydrogen) atoms. The van der Waals surface area contributed by atoms with Gasteiger partial charge in [0, 0.05) is 18.0 Å². The van der Waals surface area contributed by atoms with E-state index in [9.17, 15) is 9.90 Å². The number of ether oxygens (including phenoxy) is 1. The average Bonchev–Trinajstić information content (AvgIpc) is 3.33. The zero-order valence-corrected chi connectivity index (χ0v) is 15.1. The number of benzene rings is 2. The molecule has 0 amide bonds. The largest absolute Gasteiger partial charge is 0.544 e. The van der Waals surface area contributed by atoms with Crippen molar-refractivity contribution in [2.45, 2.75) is 6.92 Å². The molecule has 4 rings (SSSR count). The number of aromatic carboxylic acids is 1. The molecule has 0 saturated carbocycles. The van der Waals surface area contributed by atoms with Crippen molar-refractivity contribution in [2.24, 2.45) is 0 Å². The van der Waals surface area contributed by atoms with Gasteiger partial charge in [-0.25, -0.2) is 9.97 Å². The molecule has 0 radical (unpaired) electrons. The second-order valence-electron chi connectivity index (χ2n) is 5.79. The summed E-state index contributed by atoms with van der Waals surface area (Å²) < 4.78 is 7.86. The number of imidazole rings is 1. The highest BCUT2D eigenvalue weighted by atomic mass is 32.1. The molecular weight excluding hydrogens is 362 g/mol. The summed E-state index contributed by atoms with van der Waals surface area (Å²) in [5, 5.41) is 11.8. The highest BCUT2D eigenvalue weighted by Gasteiger charge is 2.14. The van der Waals surface area contributed by atoms with Crippen molar-refractivity contribution in [1.82, 2.24) is 14.5 Å². The van der Waals surface area contributed by atoms with Gasteiger partial charge in [-0.3, -0.25) is 0 Å². The lowest BCUT2D eigenvalue weighted by Crippen LogP contribution is -2.21. The molecule has 0 atom stereocenters. The first-order valence-electron chi connectivity index (χ1n) is 8.16. The summed E-state index contributed by atoms with van der Waals surface area (Å²) in [6, 6.07) is 15.1. The third-order valence-corrected chi connectivity index (χ3v) is 5.13. The smallest absolute Gasteiger partial charge is 0.151 e. The summed E-state index contributed by atoms with van der Waals surface area (Å²) in [6.07, 6.45) is 5.17. The molecule has 0 fully saturated rings. The van der Waals surface area contributed by atoms with E-state index in [1.807, 2.05) is 59.3 Å². The fraction of sp³-hybridized carbons (Fsp3) is 0.0500. The van der Waals surface area contributed by atoms with Crippen LogP contribution in [0.2, 0.25) is 0 Å². The van der Waals surface area contributed by atoms with Crippen molar-refractivity contribution in [1.29, 1.82) is 0 Å². The molecule has 2 aromatic heterocycles. The van der Waals surface area contributed by atoms with Gasteiger partial charge in [0.05, 0.1) is 28.6 Å². The predicted octanol–water partition coefficient (Wildman–Crippen LogP) is 3.46. The van der Waals surface area contributed by atoms with Gasteiger partial charge in [0.2, 0.25) is 0 Å². The normalized spacial score (nSPS) is 10.7. The van der Waals surface area contributed by atoms with Gasteiger partial charge < -0.3 is 19.2 Å². The van der Waals surface area contributed by atoms with Crippen LogP contribution in [-0.2, 0) is 0 Å². The Kier molecular flexibility index (Phi) is 4.43. The molecule has 2 aromatic carbocycles. The summed E-state index contributed by atoms with van der Waals surface area (Å²) in [4.78, 5) is 19.8. The van der Waals surface area contributed by atoms with Gasteiger partial charge in [-0.1, -0.05) is 18.2 Å². The summed E-state index contributed by atoms with van der Waals surface area (Å²) >= 11 is 1.10. The molecule has 4 aromatic rings. The molecule has 0 aliphatic carbocycles. The second-order valence-corrected chi connectivity index (χ2v) is 6.79. The van der Waals surface area contributed by atoms with E-state index in [2.05, 4.69) is 9.97 Å². The maximum absolute atomic E-state index is 11.2. The number of para-hydroxylation sites is 1. The molecule has 0 bridgehead atoms. The van der Waals surface area contributed by atoms with Crippen molar-refractivity contribution in [3.8, 4) is 27.8 Å². The molecule has 0 N–H and O–H groups in total. The fourth-order valence-electron chi connectivity index (χ4n) is 2.66. The Morgan fingerprint density at radius 2 is 2.00 bits per heavy atom. The third-order valence-electron chi connectivity index (χ3n) is 3.94. The lowest BCUT2D eigenvalue weighted by atomic mass is 10.2. The van der Waals surface area contributed by atoms with Gasteiger partial charge >= 0.3 is 0 Å². The number of carbonyl (C=O) groups excluding carboxylic acids is 1. The molecule has 0 saturated heterocycles. The summed E-state index contributed by atoms with van der Waals surface area (Å²) in [6.45, 7) is 1.66. The number of carboxylic acid groups (broad SMARTS) is 1. The van der Waals surface area contributed by atoms with Crippen LogP contribution in [0, 0.1) is 6.92 Å². The molecule has 0 aliphatic rings. The quantitative estimate of drug-likeness (QED) is 0.533. The number of rotatable bonds is 5. The van der Waals surface area contributed by atoms with E-state index in [4.69, 9.17) is 4.74 Å². The monoisotopic (exact) mass is 376 g/mol. The van der Waals surface area contributed by atoms with Gasteiger partial charge in [-0.2, -0.15) is 0 Å². The summed E-state index contributed by atoms with van der Waals surface area (Å²) in [5.74, 6) is 0.155. The minimum absolute atomic E-state index is 0.138. The Bertz CT molecular complexity index is 1090. The highest BCUT2D eigenvalue weighted by molar-refractivity contribution is 7.17. The van der Waals surface area contributed by atoms with E-state index < -0.39 is 5.97 Å². The van der Waals surface area contributed by atoms with Crippen molar-refractivity contribution in [3.05, 3.63) is 77.8 Å². The molecule has 0 aliphatic heterocycles. The number of nitrogens with zero attached hydrogens (tertiary/aromatic N) is 3. The average molecular weight is 376 g/mol. The van der Waals surface area contributed by atoms with E-state index in [-0.39, 0.29) is 4.88 Å². The Morgan fingerprint density at radius 1 is 1.19 bits per heavy atom. The van der Waals surface area contributed by atoms with E-state index >= 15 is 0 Å². The number of hydrogen-bond acceptors (Lipinski definition) is 6. The predicted molar refractivity (Wildman–Crippen MR) is 100 cm³/mol. The van der Waals surface area contributed by atoms with E-state index in [0.717, 1.165) is 28.3 Å². The lowest BCUT2D eigenvalue weighted by Gasteiger charge is -2.13. The Morgan fingerprint density at radius 3 is 2.67 bits per heavy atom. The molecular formula is C20H14N3O3S-. The Balaban J connectivity index is 1.78. The topological polar surface area (TPSA) is 80.1 Å². The van der Waals surface area contributed by atoms with Gasteiger partial charge in [0.15, 0.2) is 5.75 Å². The van der Waals surface area contributed by atoms with Crippen LogP contribution in [0.5, 0.6) is 11.5 Å². The molecule has 7 heteroatoms. The van der Waals surface area contributed by atoms with Gasteiger partial charge in [0.1, 0.15) is 10.8 Å². The first-order valence-corrected chi connectivity index (χ1v) is 8.98. The van der Waals surface area contributed by atoms with Crippen LogP contribution in [0.1, 0.15) is 15.4 Å². The van der Waals surface area contributed by atoms with Crippen LogP contribution >= 0.6 is 11.3 Å². The zero-order chi connectivity index (χ0) is 18.8. The molecule has 6 nitrogen and oxygen atoms in total. The molecule has 134 valence electrons. The SMILES string of the molecule is Cc1nc(-c2ccc(Oc3ccccc3)c(-n3ccnc3)c2)sc1C(=O)[O-]. The van der Waals surface area contributed by atoms with Crippen molar-refractivity contribution in [2.75, 3.05) is 0 Å². The summed E-state index contributed by atoms with van der Waals surface area (Å²) in [5.41, 5.74) is 2.01. The standard InChI is InChI=1S/C20H15N3O3S/c1-13-18(20(24)25)27-19(22-13)14-7-8-17(26-15-5-3-2-4-6-15)16(11-14)23-10-9-21-12-23/h2-12H,1H3,(H,24,25)/p-1. The van der Waals surface area contributed by atoms with Crippen molar-refractivity contribution in [3.63, 3.8) is 0 Å². The van der Waals surface area contributed by atoms with Crippen LogP contribution in [0.25, 0.3) is 16.3 Å². The highest BCUT2D eigenvalue weighted by Crippen LogP contribution is 2.34. The van der Waals surface area contributed by atoms with Crippen LogP contribution in [0.4, 0.5) is 0 Å². The number of aryl methyl sites for hydroxylation is 1. The van der Waals surface area contributed by atoms with E-state index in [0.29, 0.717) is 16.5 Å². The van der Waals surface area contributed by atoms with Crippen LogP contribution in [0.3, 0.4) is 0 Å². The maximum Gasteiger partial charge on any atom is 0.151 e. The van der Waals surface area contributed by atoms with E-state index in [1.165, 1.54) is 0 Å². The molecule has 2 heterocycles.